The van der Waals surface area contributed by atoms with E-state index < -0.39 is 15.8 Å². The van der Waals surface area contributed by atoms with Crippen molar-refractivity contribution in [2.45, 2.75) is 20.5 Å². The maximum atomic E-state index is 12.5. The molecule has 3 aromatic rings. The van der Waals surface area contributed by atoms with Crippen molar-refractivity contribution < 1.29 is 28.9 Å². The second-order valence-electron chi connectivity index (χ2n) is 8.07. The number of hydrogen-bond acceptors (Lipinski definition) is 9. The van der Waals surface area contributed by atoms with Crippen LogP contribution in [0.25, 0.3) is 6.08 Å². The van der Waals surface area contributed by atoms with Crippen LogP contribution in [0.1, 0.15) is 29.2 Å². The number of hydrogen-bond donors (Lipinski definition) is 0. The average Bonchev–Trinajstić information content (AvgIpc) is 3.23. The first-order valence-corrected chi connectivity index (χ1v) is 12.1. The third-order valence-corrected chi connectivity index (χ3v) is 6.00. The molecule has 0 amide bonds. The molecule has 0 bridgehead atoms. The number of cyclic esters (lactones) is 1. The largest absolute Gasteiger partial charge is 0.490 e. The molecule has 0 saturated heterocycles. The number of benzene rings is 3. The summed E-state index contributed by atoms with van der Waals surface area (Å²) >= 11 is 3.46. The van der Waals surface area contributed by atoms with Gasteiger partial charge in [-0.2, -0.15) is 0 Å². The van der Waals surface area contributed by atoms with E-state index in [-0.39, 0.29) is 29.6 Å². The topological polar surface area (TPSA) is 143 Å². The number of halogens is 1. The van der Waals surface area contributed by atoms with Gasteiger partial charge in [-0.3, -0.25) is 20.2 Å². The number of nitro benzene ring substituents is 2. The Morgan fingerprint density at radius 2 is 1.84 bits per heavy atom. The molecule has 194 valence electrons. The Morgan fingerprint density at radius 3 is 2.55 bits per heavy atom. The molecule has 12 heteroatoms. The molecular formula is C26H20BrN3O8. The van der Waals surface area contributed by atoms with Crippen LogP contribution in [0, 0.1) is 27.2 Å². The summed E-state index contributed by atoms with van der Waals surface area (Å²) in [4.78, 5) is 38.0. The smallest absolute Gasteiger partial charge is 0.363 e. The lowest BCUT2D eigenvalue weighted by Gasteiger charge is -2.15. The van der Waals surface area contributed by atoms with Gasteiger partial charge in [0.05, 0.1) is 20.9 Å². The SMILES string of the molecule is CCOc1cc(/C=C2\N=C(c3ccc(C)c([N+](=O)[O-])c3)OC2=O)cc(Br)c1OCc1cccc([N+](=O)[O-])c1. The van der Waals surface area contributed by atoms with E-state index in [1.807, 2.05) is 0 Å². The number of carbonyl (C=O) groups excluding carboxylic acids is 1. The number of nitrogens with zero attached hydrogens (tertiary/aromatic N) is 3. The molecule has 0 fully saturated rings. The van der Waals surface area contributed by atoms with E-state index in [1.165, 1.54) is 24.3 Å². The summed E-state index contributed by atoms with van der Waals surface area (Å²) in [5.41, 5.74) is 1.79. The molecule has 0 aromatic heterocycles. The van der Waals surface area contributed by atoms with E-state index in [0.717, 1.165) is 0 Å². The van der Waals surface area contributed by atoms with Crippen LogP contribution >= 0.6 is 15.9 Å². The van der Waals surface area contributed by atoms with Gasteiger partial charge in [0.25, 0.3) is 11.4 Å². The number of non-ortho nitro benzene ring substituents is 1. The first kappa shape index (κ1) is 26.5. The number of esters is 1. The van der Waals surface area contributed by atoms with Crippen LogP contribution in [-0.4, -0.2) is 28.3 Å². The van der Waals surface area contributed by atoms with Gasteiger partial charge in [0.2, 0.25) is 5.90 Å². The molecule has 0 N–H and O–H groups in total. The van der Waals surface area contributed by atoms with E-state index >= 15 is 0 Å². The van der Waals surface area contributed by atoms with Crippen LogP contribution in [0.3, 0.4) is 0 Å². The molecule has 1 aliphatic heterocycles. The van der Waals surface area contributed by atoms with Gasteiger partial charge in [-0.05, 0) is 65.2 Å². The standard InChI is InChI=1S/C26H20BrN3O8/c1-3-36-23-12-17(10-20(27)24(23)37-14-16-5-4-6-19(9-16)29(32)33)11-21-26(31)38-25(28-21)18-8-7-15(2)22(13-18)30(34)35/h4-13H,3,14H2,1-2H3/b21-11-. The van der Waals surface area contributed by atoms with Gasteiger partial charge in [-0.15, -0.1) is 0 Å². The van der Waals surface area contributed by atoms with Crippen molar-refractivity contribution in [2.24, 2.45) is 4.99 Å². The van der Waals surface area contributed by atoms with Crippen LogP contribution in [0.5, 0.6) is 11.5 Å². The summed E-state index contributed by atoms with van der Waals surface area (Å²) in [7, 11) is 0. The number of nitro groups is 2. The predicted octanol–water partition coefficient (Wildman–Crippen LogP) is 5.90. The van der Waals surface area contributed by atoms with E-state index in [4.69, 9.17) is 14.2 Å². The molecule has 0 unspecified atom stereocenters. The van der Waals surface area contributed by atoms with Crippen LogP contribution in [0.2, 0.25) is 0 Å². The van der Waals surface area contributed by atoms with Gasteiger partial charge < -0.3 is 14.2 Å². The van der Waals surface area contributed by atoms with Crippen LogP contribution < -0.4 is 9.47 Å². The Bertz CT molecular complexity index is 1520. The maximum Gasteiger partial charge on any atom is 0.363 e. The Kier molecular flexibility index (Phi) is 7.82. The van der Waals surface area contributed by atoms with Gasteiger partial charge in [0.15, 0.2) is 17.2 Å². The Labute approximate surface area is 224 Å². The lowest BCUT2D eigenvalue weighted by molar-refractivity contribution is -0.385. The Balaban J connectivity index is 1.61. The predicted molar refractivity (Wildman–Crippen MR) is 141 cm³/mol. The Hall–Kier alpha value is -4.58. The molecule has 0 radical (unpaired) electrons. The Morgan fingerprint density at radius 1 is 1.05 bits per heavy atom. The number of ether oxygens (including phenoxy) is 3. The van der Waals surface area contributed by atoms with E-state index in [1.54, 1.807) is 50.2 Å². The fourth-order valence-corrected chi connectivity index (χ4v) is 4.19. The molecule has 38 heavy (non-hydrogen) atoms. The van der Waals surface area contributed by atoms with E-state index in [9.17, 15) is 25.0 Å². The number of rotatable bonds is 9. The lowest BCUT2D eigenvalue weighted by Crippen LogP contribution is -2.06. The van der Waals surface area contributed by atoms with Crippen molar-refractivity contribution in [1.29, 1.82) is 0 Å². The lowest BCUT2D eigenvalue weighted by atomic mass is 10.1. The minimum atomic E-state index is -0.705. The first-order valence-electron chi connectivity index (χ1n) is 11.3. The molecule has 4 rings (SSSR count). The number of aliphatic imine (C=N–C) groups is 1. The molecule has 0 saturated carbocycles. The van der Waals surface area contributed by atoms with Crippen molar-refractivity contribution in [3.05, 3.63) is 107 Å². The number of carbonyl (C=O) groups is 1. The summed E-state index contributed by atoms with van der Waals surface area (Å²) in [6.45, 7) is 3.80. The second kappa shape index (κ2) is 11.2. The molecule has 1 aliphatic rings. The quantitative estimate of drug-likeness (QED) is 0.131. The van der Waals surface area contributed by atoms with Crippen LogP contribution in [-0.2, 0) is 16.1 Å². The molecular weight excluding hydrogens is 562 g/mol. The fourth-order valence-electron chi connectivity index (χ4n) is 3.62. The van der Waals surface area contributed by atoms with Crippen LogP contribution in [0.15, 0.2) is 69.8 Å². The number of aryl methyl sites for hydroxylation is 1. The highest BCUT2D eigenvalue weighted by atomic mass is 79.9. The highest BCUT2D eigenvalue weighted by molar-refractivity contribution is 9.10. The van der Waals surface area contributed by atoms with Gasteiger partial charge in [0.1, 0.15) is 6.61 Å². The van der Waals surface area contributed by atoms with Crippen molar-refractivity contribution in [3.8, 4) is 11.5 Å². The van der Waals surface area contributed by atoms with Crippen molar-refractivity contribution in [1.82, 2.24) is 0 Å². The zero-order valence-corrected chi connectivity index (χ0v) is 21.8. The van der Waals surface area contributed by atoms with E-state index in [0.29, 0.717) is 44.8 Å². The highest BCUT2D eigenvalue weighted by Gasteiger charge is 2.26. The fraction of sp³-hybridized carbons (Fsp3) is 0.154. The third-order valence-electron chi connectivity index (χ3n) is 5.41. The van der Waals surface area contributed by atoms with Gasteiger partial charge in [-0.1, -0.05) is 18.2 Å². The molecule has 0 aliphatic carbocycles. The van der Waals surface area contributed by atoms with Crippen LogP contribution in [0.4, 0.5) is 11.4 Å². The molecule has 1 heterocycles. The zero-order valence-electron chi connectivity index (χ0n) is 20.2. The summed E-state index contributed by atoms with van der Waals surface area (Å²) in [6, 6.07) is 13.9. The molecule has 0 atom stereocenters. The normalized spacial score (nSPS) is 13.7. The first-order chi connectivity index (χ1) is 18.2. The minimum absolute atomic E-state index is 0.00263. The summed E-state index contributed by atoms with van der Waals surface area (Å²) in [5, 5.41) is 22.3. The van der Waals surface area contributed by atoms with Gasteiger partial charge in [-0.25, -0.2) is 9.79 Å². The minimum Gasteiger partial charge on any atom is -0.490 e. The summed E-state index contributed by atoms with van der Waals surface area (Å²) < 4.78 is 17.4. The monoisotopic (exact) mass is 581 g/mol. The van der Waals surface area contributed by atoms with Gasteiger partial charge in [0, 0.05) is 29.3 Å². The maximum absolute atomic E-state index is 12.5. The average molecular weight is 582 g/mol. The molecule has 0 spiro atoms. The zero-order chi connectivity index (χ0) is 27.4. The van der Waals surface area contributed by atoms with Crippen molar-refractivity contribution in [2.75, 3.05) is 6.61 Å². The third kappa shape index (κ3) is 5.86. The van der Waals surface area contributed by atoms with Gasteiger partial charge >= 0.3 is 5.97 Å². The highest BCUT2D eigenvalue weighted by Crippen LogP contribution is 2.38. The molecule has 3 aromatic carbocycles. The summed E-state index contributed by atoms with van der Waals surface area (Å²) in [6.07, 6.45) is 1.50. The summed E-state index contributed by atoms with van der Waals surface area (Å²) in [5.74, 6) is 0.0169. The second-order valence-corrected chi connectivity index (χ2v) is 8.93. The van der Waals surface area contributed by atoms with Crippen molar-refractivity contribution in [3.63, 3.8) is 0 Å². The van der Waals surface area contributed by atoms with Crippen molar-refractivity contribution >= 4 is 45.2 Å². The molecule has 11 nitrogen and oxygen atoms in total. The van der Waals surface area contributed by atoms with E-state index in [2.05, 4.69) is 20.9 Å².